The van der Waals surface area contributed by atoms with Gasteiger partial charge in [-0.2, -0.15) is 4.58 Å². The first-order valence-electron chi connectivity index (χ1n) is 18.2. The number of para-hydroxylation sites is 2. The van der Waals surface area contributed by atoms with Crippen molar-refractivity contribution in [2.45, 2.75) is 129 Å². The largest absolute Gasteiger partial charge is 0.506 e. The number of hydrogen-bond acceptors (Lipinski definition) is 3. The fraction of sp³-hybridized carbons (Fsp3) is 0.524. The monoisotopic (exact) mass is 621 g/mol. The van der Waals surface area contributed by atoms with Crippen molar-refractivity contribution in [3.05, 3.63) is 94.4 Å². The standard InChI is InChI=1S/C42H56N2O2/c1-7-9-11-13-15-21-27-43-35-25-19-17-23-33(35)41(3,4)37(43)29-31-39(45)32(40(31)46)30-38-42(5,6)34-24-18-20-26-36(34)44(38)28-22-16-14-12-10-8-2/h17-20,23-26,29-30H,7-16,21-22,27-28H2,1-6H3/p+1. The molecule has 5 rings (SSSR count). The minimum absolute atomic E-state index is 0.0601. The highest BCUT2D eigenvalue weighted by Gasteiger charge is 2.47. The fourth-order valence-electron chi connectivity index (χ4n) is 7.77. The summed E-state index contributed by atoms with van der Waals surface area (Å²) in [5.74, 6) is 0.0672. The number of aliphatic hydroxyl groups excluding tert-OH is 1. The number of carbonyl (C=O) groups excluding carboxylic acids is 1. The maximum absolute atomic E-state index is 13.9. The van der Waals surface area contributed by atoms with Crippen molar-refractivity contribution in [2.24, 2.45) is 0 Å². The second-order valence-electron chi connectivity index (χ2n) is 14.7. The third-order valence-electron chi connectivity index (χ3n) is 10.6. The quantitative estimate of drug-likeness (QED) is 0.115. The zero-order valence-electron chi connectivity index (χ0n) is 29.4. The van der Waals surface area contributed by atoms with Crippen molar-refractivity contribution < 1.29 is 14.5 Å². The Hall–Kier alpha value is -3.40. The number of hydrogen-bond donors (Lipinski definition) is 1. The third kappa shape index (κ3) is 6.55. The van der Waals surface area contributed by atoms with E-state index in [-0.39, 0.29) is 22.4 Å². The van der Waals surface area contributed by atoms with Crippen molar-refractivity contribution >= 4 is 22.9 Å². The molecule has 0 saturated carbocycles. The molecular formula is C42H57N2O2+. The highest BCUT2D eigenvalue weighted by atomic mass is 16.3. The lowest BCUT2D eigenvalue weighted by Gasteiger charge is -2.29. The van der Waals surface area contributed by atoms with E-state index in [1.54, 1.807) is 0 Å². The summed E-state index contributed by atoms with van der Waals surface area (Å²) < 4.78 is 2.40. The lowest BCUT2D eigenvalue weighted by molar-refractivity contribution is -0.438. The number of rotatable bonds is 16. The van der Waals surface area contributed by atoms with Gasteiger partial charge in [0.05, 0.1) is 16.6 Å². The van der Waals surface area contributed by atoms with Gasteiger partial charge in [-0.15, -0.1) is 0 Å². The average molecular weight is 622 g/mol. The van der Waals surface area contributed by atoms with Gasteiger partial charge in [-0.05, 0) is 44.4 Å². The van der Waals surface area contributed by atoms with Crippen molar-refractivity contribution in [3.8, 4) is 0 Å². The van der Waals surface area contributed by atoms with Crippen LogP contribution in [0, 0.1) is 0 Å². The topological polar surface area (TPSA) is 43.5 Å². The lowest BCUT2D eigenvalue weighted by Crippen LogP contribution is -2.32. The van der Waals surface area contributed by atoms with Crippen LogP contribution < -0.4 is 4.90 Å². The zero-order chi connectivity index (χ0) is 32.9. The maximum atomic E-state index is 13.9. The number of benzene rings is 2. The van der Waals surface area contributed by atoms with Gasteiger partial charge in [-0.1, -0.05) is 122 Å². The average Bonchev–Trinajstić information content (AvgIpc) is 3.40. The normalized spacial score (nSPS) is 19.8. The van der Waals surface area contributed by atoms with Crippen molar-refractivity contribution in [3.63, 3.8) is 0 Å². The van der Waals surface area contributed by atoms with Gasteiger partial charge in [0.25, 0.3) is 0 Å². The molecule has 0 saturated heterocycles. The molecule has 3 aliphatic rings. The first-order valence-corrected chi connectivity index (χ1v) is 18.2. The van der Waals surface area contributed by atoms with Crippen LogP contribution in [0.4, 0.5) is 11.4 Å². The predicted octanol–water partition coefficient (Wildman–Crippen LogP) is 10.8. The molecule has 0 unspecified atom stereocenters. The summed E-state index contributed by atoms with van der Waals surface area (Å²) >= 11 is 0. The highest BCUT2D eigenvalue weighted by molar-refractivity contribution is 6.24. The number of anilines is 1. The van der Waals surface area contributed by atoms with E-state index in [4.69, 9.17) is 0 Å². The van der Waals surface area contributed by atoms with Crippen LogP contribution in [0.3, 0.4) is 0 Å². The molecule has 2 heterocycles. The molecule has 0 bridgehead atoms. The zero-order valence-corrected chi connectivity index (χ0v) is 29.4. The molecule has 1 N–H and O–H groups in total. The van der Waals surface area contributed by atoms with Gasteiger partial charge in [-0.3, -0.25) is 4.79 Å². The predicted molar refractivity (Wildman–Crippen MR) is 194 cm³/mol. The van der Waals surface area contributed by atoms with Gasteiger partial charge in [0, 0.05) is 47.5 Å². The summed E-state index contributed by atoms with van der Waals surface area (Å²) in [4.78, 5) is 16.3. The second kappa shape index (κ2) is 14.6. The molecule has 46 heavy (non-hydrogen) atoms. The van der Waals surface area contributed by atoms with Crippen LogP contribution in [-0.2, 0) is 15.6 Å². The summed E-state index contributed by atoms with van der Waals surface area (Å²) in [6, 6.07) is 17.2. The van der Waals surface area contributed by atoms with Crippen LogP contribution in [0.2, 0.25) is 0 Å². The van der Waals surface area contributed by atoms with E-state index < -0.39 is 0 Å². The summed E-state index contributed by atoms with van der Waals surface area (Å²) in [7, 11) is 0. The molecule has 2 aromatic carbocycles. The number of fused-ring (bicyclic) bond motifs is 2. The highest BCUT2D eigenvalue weighted by Crippen LogP contribution is 2.49. The molecule has 4 heteroatoms. The van der Waals surface area contributed by atoms with E-state index in [1.807, 2.05) is 12.2 Å². The molecule has 0 aromatic heterocycles. The fourth-order valence-corrected chi connectivity index (χ4v) is 7.77. The Morgan fingerprint density at radius 1 is 0.717 bits per heavy atom. The Balaban J connectivity index is 1.44. The van der Waals surface area contributed by atoms with Gasteiger partial charge in [0.2, 0.25) is 11.5 Å². The molecule has 2 aromatic rings. The SMILES string of the molecule is CCCCCCCCN1C(=CC2=C(O)C(=CC3=[N+](CCCCCCCC)c4ccccc4C3(C)C)C2=O)C(C)(C)c2ccccc21. The van der Waals surface area contributed by atoms with Gasteiger partial charge in [0.1, 0.15) is 12.3 Å². The molecule has 246 valence electrons. The minimum atomic E-state index is -0.260. The maximum Gasteiger partial charge on any atom is 0.209 e. The van der Waals surface area contributed by atoms with E-state index in [0.29, 0.717) is 11.1 Å². The van der Waals surface area contributed by atoms with Gasteiger partial charge in [-0.25, -0.2) is 0 Å². The number of ketones is 1. The molecule has 0 fully saturated rings. The molecule has 2 aliphatic heterocycles. The second-order valence-corrected chi connectivity index (χ2v) is 14.7. The number of allylic oxidation sites excluding steroid dienone is 5. The Labute approximate surface area is 278 Å². The molecule has 0 radical (unpaired) electrons. The Bertz CT molecular complexity index is 1550. The Morgan fingerprint density at radius 3 is 1.98 bits per heavy atom. The van der Waals surface area contributed by atoms with Crippen LogP contribution in [0.25, 0.3) is 0 Å². The van der Waals surface area contributed by atoms with Gasteiger partial charge in [0.15, 0.2) is 5.71 Å². The van der Waals surface area contributed by atoms with E-state index in [2.05, 4.69) is 99.5 Å². The lowest BCUT2D eigenvalue weighted by atomic mass is 9.77. The Kier molecular flexibility index (Phi) is 10.8. The van der Waals surface area contributed by atoms with Gasteiger partial charge >= 0.3 is 0 Å². The number of aliphatic hydroxyl groups is 1. The number of unbranched alkanes of at least 4 members (excludes halogenated alkanes) is 10. The van der Waals surface area contributed by atoms with E-state index in [0.717, 1.165) is 37.3 Å². The van der Waals surface area contributed by atoms with Crippen LogP contribution in [0.15, 0.2) is 83.3 Å². The smallest absolute Gasteiger partial charge is 0.209 e. The molecule has 1 aliphatic carbocycles. The summed E-state index contributed by atoms with van der Waals surface area (Å²) in [5.41, 5.74) is 7.56. The number of carbonyl (C=O) groups is 1. The summed E-state index contributed by atoms with van der Waals surface area (Å²) in [6.07, 6.45) is 18.8. The first-order chi connectivity index (χ1) is 22.1. The molecule has 0 atom stereocenters. The van der Waals surface area contributed by atoms with Crippen molar-refractivity contribution in [1.29, 1.82) is 0 Å². The van der Waals surface area contributed by atoms with Crippen LogP contribution >= 0.6 is 0 Å². The van der Waals surface area contributed by atoms with E-state index in [9.17, 15) is 9.90 Å². The molecule has 0 amide bonds. The molecule has 0 spiro atoms. The first kappa shape index (κ1) is 33.9. The van der Waals surface area contributed by atoms with Crippen molar-refractivity contribution in [1.82, 2.24) is 0 Å². The van der Waals surface area contributed by atoms with Crippen LogP contribution in [0.1, 0.15) is 130 Å². The van der Waals surface area contributed by atoms with Crippen molar-refractivity contribution in [2.75, 3.05) is 18.0 Å². The van der Waals surface area contributed by atoms with Gasteiger partial charge < -0.3 is 10.0 Å². The number of Topliss-reactive ketones (excluding diaryl/α,β-unsaturated/α-hetero) is 1. The third-order valence-corrected chi connectivity index (χ3v) is 10.6. The Morgan fingerprint density at radius 2 is 1.30 bits per heavy atom. The summed E-state index contributed by atoms with van der Waals surface area (Å²) in [5, 5.41) is 11.5. The van der Waals surface area contributed by atoms with Crippen LogP contribution in [0.5, 0.6) is 0 Å². The van der Waals surface area contributed by atoms with Crippen LogP contribution in [-0.4, -0.2) is 34.3 Å². The van der Waals surface area contributed by atoms with E-state index in [1.165, 1.54) is 86.7 Å². The molecule has 4 nitrogen and oxygen atoms in total. The number of nitrogens with zero attached hydrogens (tertiary/aromatic N) is 2. The summed E-state index contributed by atoms with van der Waals surface area (Å²) in [6.45, 7) is 15.3. The van der Waals surface area contributed by atoms with E-state index >= 15 is 0 Å². The molecular weight excluding hydrogens is 564 g/mol. The minimum Gasteiger partial charge on any atom is -0.506 e.